The number of amides is 3. The molecule has 4 heterocycles. The molecule has 0 saturated heterocycles. The number of rotatable bonds is 11. The molecule has 0 aliphatic rings. The van der Waals surface area contributed by atoms with Crippen LogP contribution in [0.1, 0.15) is 81.9 Å². The molecule has 0 unspecified atom stereocenters. The molecule has 4 aromatic heterocycles. The summed E-state index contributed by atoms with van der Waals surface area (Å²) >= 11 is 0. The summed E-state index contributed by atoms with van der Waals surface area (Å²) in [4.78, 5) is 47.6. The molecule has 0 bridgehead atoms. The number of imidazole rings is 2. The number of aryl methyl sites for hydroxylation is 6. The molecule has 0 aliphatic heterocycles. The van der Waals surface area contributed by atoms with Gasteiger partial charge in [-0.3, -0.25) is 23.7 Å². The van der Waals surface area contributed by atoms with Crippen molar-refractivity contribution in [3.8, 4) is 0 Å². The fraction of sp³-hybridized carbons (Fsp3) is 0.395. The first-order valence-electron chi connectivity index (χ1n) is 18.0. The summed E-state index contributed by atoms with van der Waals surface area (Å²) in [6.07, 6.45) is 0. The molecule has 3 amide bonds. The number of halogens is 4. The first-order valence-corrected chi connectivity index (χ1v) is 18.0. The zero-order chi connectivity index (χ0) is 41.0. The average molecular weight is 778 g/mol. The van der Waals surface area contributed by atoms with Crippen LogP contribution in [0.4, 0.5) is 17.6 Å². The SMILES string of the molecule is CCn1nc(C)cc1C(=O)N=c1n(C)c2cc(C(N)=O)ccc2n1CC(F)(F)C(F)(F)Cn1c(=NC(=O)c2cc(C)nn2CC)n(C)c2cccc(C(C)C)c21. The number of carbonyl (C=O) groups is 3. The molecule has 2 aromatic carbocycles. The van der Waals surface area contributed by atoms with E-state index in [2.05, 4.69) is 20.2 Å². The maximum atomic E-state index is 16.6. The van der Waals surface area contributed by atoms with E-state index < -0.39 is 42.7 Å². The van der Waals surface area contributed by atoms with Crippen molar-refractivity contribution in [1.82, 2.24) is 37.8 Å². The minimum Gasteiger partial charge on any atom is -0.366 e. The van der Waals surface area contributed by atoms with Crippen LogP contribution in [0.5, 0.6) is 0 Å². The topological polar surface area (TPSA) is 157 Å². The number of hydrogen-bond donors (Lipinski definition) is 1. The highest BCUT2D eigenvalue weighted by molar-refractivity contribution is 5.97. The first kappa shape index (κ1) is 39.6. The molecule has 56 heavy (non-hydrogen) atoms. The smallest absolute Gasteiger partial charge is 0.329 e. The highest BCUT2D eigenvalue weighted by Gasteiger charge is 2.57. The Morgan fingerprint density at radius 3 is 1.73 bits per heavy atom. The van der Waals surface area contributed by atoms with E-state index in [0.717, 1.165) is 9.13 Å². The Balaban J connectivity index is 1.52. The summed E-state index contributed by atoms with van der Waals surface area (Å²) in [5.74, 6) is -12.3. The van der Waals surface area contributed by atoms with E-state index in [9.17, 15) is 14.4 Å². The molecule has 0 aliphatic carbocycles. The number of hydrogen-bond acceptors (Lipinski definition) is 5. The Morgan fingerprint density at radius 2 is 1.23 bits per heavy atom. The zero-order valence-electron chi connectivity index (χ0n) is 32.3. The Bertz CT molecular complexity index is 2690. The number of nitrogens with zero attached hydrogens (tertiary/aromatic N) is 10. The molecular formula is C38H43F4N11O3. The van der Waals surface area contributed by atoms with Crippen molar-refractivity contribution < 1.29 is 31.9 Å². The lowest BCUT2D eigenvalue weighted by atomic mass is 10.0. The predicted octanol–water partition coefficient (Wildman–Crippen LogP) is 5.00. The van der Waals surface area contributed by atoms with Gasteiger partial charge in [0, 0.05) is 32.7 Å². The predicted molar refractivity (Wildman–Crippen MR) is 199 cm³/mol. The van der Waals surface area contributed by atoms with Crippen molar-refractivity contribution in [2.45, 2.75) is 85.5 Å². The van der Waals surface area contributed by atoms with Gasteiger partial charge in [-0.05, 0) is 75.6 Å². The van der Waals surface area contributed by atoms with Gasteiger partial charge in [0.05, 0.1) is 46.5 Å². The number of aromatic nitrogens is 8. The molecule has 18 heteroatoms. The molecule has 296 valence electrons. The van der Waals surface area contributed by atoms with Gasteiger partial charge in [-0.25, -0.2) is 0 Å². The molecular weight excluding hydrogens is 734 g/mol. The molecule has 6 aromatic rings. The van der Waals surface area contributed by atoms with Crippen molar-refractivity contribution in [2.24, 2.45) is 29.8 Å². The van der Waals surface area contributed by atoms with Crippen molar-refractivity contribution in [1.29, 1.82) is 0 Å². The van der Waals surface area contributed by atoms with E-state index in [4.69, 9.17) is 5.73 Å². The van der Waals surface area contributed by atoms with Gasteiger partial charge in [-0.15, -0.1) is 0 Å². The van der Waals surface area contributed by atoms with E-state index in [1.54, 1.807) is 45.9 Å². The van der Waals surface area contributed by atoms with Crippen LogP contribution in [0.15, 0.2) is 58.5 Å². The van der Waals surface area contributed by atoms with Gasteiger partial charge in [0.1, 0.15) is 11.4 Å². The van der Waals surface area contributed by atoms with Gasteiger partial charge in [0.2, 0.25) is 17.1 Å². The average Bonchev–Trinajstić information content (AvgIpc) is 3.86. The minimum atomic E-state index is -4.80. The van der Waals surface area contributed by atoms with Crippen LogP contribution in [0.25, 0.3) is 22.1 Å². The first-order chi connectivity index (χ1) is 26.3. The van der Waals surface area contributed by atoms with E-state index in [-0.39, 0.29) is 50.7 Å². The number of alkyl halides is 4. The standard InChI is InChI=1S/C38H43F4N11O3/c1-9-52-29(16-22(5)46-52)33(55)44-35-49(8)28-18-24(32(43)54)14-15-26(28)50(35)19-37(39,40)38(41,42)20-51-31-25(21(3)4)12-11-13-27(31)48(7)36(51)45-34(56)30-17-23(6)47-53(30)10-2/h11-18,21H,9-10,19-20H2,1-8H3,(H2,43,54). The minimum absolute atomic E-state index is 0.0104. The third-order valence-electron chi connectivity index (χ3n) is 9.79. The third kappa shape index (κ3) is 6.87. The van der Waals surface area contributed by atoms with E-state index >= 15 is 17.6 Å². The monoisotopic (exact) mass is 777 g/mol. The van der Waals surface area contributed by atoms with Gasteiger partial charge >= 0.3 is 11.8 Å². The molecule has 0 radical (unpaired) electrons. The summed E-state index contributed by atoms with van der Waals surface area (Å²) in [6, 6.07) is 11.9. The van der Waals surface area contributed by atoms with Gasteiger partial charge < -0.3 is 24.0 Å². The van der Waals surface area contributed by atoms with E-state index in [1.165, 1.54) is 62.9 Å². The molecule has 14 nitrogen and oxygen atoms in total. The molecule has 2 N–H and O–H groups in total. The van der Waals surface area contributed by atoms with Crippen LogP contribution in [0.3, 0.4) is 0 Å². The number of fused-ring (bicyclic) bond motifs is 2. The quantitative estimate of drug-likeness (QED) is 0.183. The van der Waals surface area contributed by atoms with Crippen LogP contribution in [0.2, 0.25) is 0 Å². The summed E-state index contributed by atoms with van der Waals surface area (Å²) in [5.41, 5.74) is 7.41. The Kier molecular flexibility index (Phi) is 10.3. The third-order valence-corrected chi connectivity index (χ3v) is 9.79. The fourth-order valence-corrected chi connectivity index (χ4v) is 6.96. The summed E-state index contributed by atoms with van der Waals surface area (Å²) in [5, 5.41) is 8.53. The van der Waals surface area contributed by atoms with Crippen LogP contribution in [-0.2, 0) is 40.3 Å². The second-order valence-corrected chi connectivity index (χ2v) is 14.0. The summed E-state index contributed by atoms with van der Waals surface area (Å²) < 4.78 is 73.7. The molecule has 6 rings (SSSR count). The number of nitrogens with two attached hydrogens (primary N) is 1. The van der Waals surface area contributed by atoms with Gasteiger partial charge in [0.15, 0.2) is 0 Å². The largest absolute Gasteiger partial charge is 0.366 e. The molecule has 0 saturated carbocycles. The highest BCUT2D eigenvalue weighted by Crippen LogP contribution is 2.38. The van der Waals surface area contributed by atoms with Crippen LogP contribution in [0, 0.1) is 13.8 Å². The lowest BCUT2D eigenvalue weighted by Crippen LogP contribution is -2.49. The summed E-state index contributed by atoms with van der Waals surface area (Å²) in [6.45, 7) is 8.00. The zero-order valence-corrected chi connectivity index (χ0v) is 32.3. The maximum Gasteiger partial charge on any atom is 0.329 e. The second-order valence-electron chi connectivity index (χ2n) is 14.0. The van der Waals surface area contributed by atoms with Crippen molar-refractivity contribution >= 4 is 39.8 Å². The lowest BCUT2D eigenvalue weighted by Gasteiger charge is -2.28. The van der Waals surface area contributed by atoms with Gasteiger partial charge in [-0.1, -0.05) is 26.0 Å². The second kappa shape index (κ2) is 14.5. The fourth-order valence-electron chi connectivity index (χ4n) is 6.96. The van der Waals surface area contributed by atoms with Crippen LogP contribution in [-0.4, -0.2) is 67.4 Å². The molecule has 0 fully saturated rings. The normalized spacial score (nSPS) is 13.2. The van der Waals surface area contributed by atoms with Crippen molar-refractivity contribution in [2.75, 3.05) is 0 Å². The number of para-hydroxylation sites is 1. The van der Waals surface area contributed by atoms with E-state index in [1.807, 2.05) is 13.8 Å². The van der Waals surface area contributed by atoms with Gasteiger partial charge in [0.25, 0.3) is 11.8 Å². The molecule has 0 spiro atoms. The Labute approximate surface area is 318 Å². The van der Waals surface area contributed by atoms with Crippen molar-refractivity contribution in [3.63, 3.8) is 0 Å². The van der Waals surface area contributed by atoms with Crippen molar-refractivity contribution in [3.05, 3.63) is 93.7 Å². The Hall–Kier alpha value is -6.07. The van der Waals surface area contributed by atoms with E-state index in [0.29, 0.717) is 35.6 Å². The van der Waals surface area contributed by atoms with Crippen LogP contribution >= 0.6 is 0 Å². The maximum absolute atomic E-state index is 16.6. The highest BCUT2D eigenvalue weighted by atomic mass is 19.3. The number of carbonyl (C=O) groups excluding carboxylic acids is 3. The molecule has 0 atom stereocenters. The number of primary amides is 1. The van der Waals surface area contributed by atoms with Crippen LogP contribution < -0.4 is 17.0 Å². The number of benzene rings is 2. The van der Waals surface area contributed by atoms with Gasteiger partial charge in [-0.2, -0.15) is 37.7 Å². The lowest BCUT2D eigenvalue weighted by molar-refractivity contribution is -0.221. The Morgan fingerprint density at radius 1 is 0.732 bits per heavy atom. The summed E-state index contributed by atoms with van der Waals surface area (Å²) in [7, 11) is 2.93.